The Morgan fingerprint density at radius 1 is 1.21 bits per heavy atom. The molecule has 2 aliphatic rings. The zero-order valence-corrected chi connectivity index (χ0v) is 14.4. The molecular weight excluding hydrogens is 300 g/mol. The highest BCUT2D eigenvalue weighted by atomic mass is 16.5. The predicted octanol–water partition coefficient (Wildman–Crippen LogP) is 3.32. The van der Waals surface area contributed by atoms with E-state index in [1.165, 1.54) is 30.4 Å². The second-order valence-electron chi connectivity index (χ2n) is 6.91. The Labute approximate surface area is 143 Å². The van der Waals surface area contributed by atoms with Crippen molar-refractivity contribution in [2.75, 3.05) is 6.61 Å². The van der Waals surface area contributed by atoms with Crippen molar-refractivity contribution in [1.82, 2.24) is 20.1 Å². The summed E-state index contributed by atoms with van der Waals surface area (Å²) in [5.41, 5.74) is 2.50. The fourth-order valence-corrected chi connectivity index (χ4v) is 3.87. The van der Waals surface area contributed by atoms with E-state index >= 15 is 0 Å². The summed E-state index contributed by atoms with van der Waals surface area (Å²) in [6, 6.07) is 6.76. The molecule has 0 aliphatic carbocycles. The fraction of sp³-hybridized carbons (Fsp3) is 0.579. The number of para-hydroxylation sites is 1. The molecule has 1 N–H and O–H groups in total. The summed E-state index contributed by atoms with van der Waals surface area (Å²) in [6.07, 6.45) is 6.99. The number of nitrogens with zero attached hydrogens (tertiary/aromatic N) is 3. The van der Waals surface area contributed by atoms with Gasteiger partial charge in [0.1, 0.15) is 17.4 Å². The molecule has 0 radical (unpaired) electrons. The summed E-state index contributed by atoms with van der Waals surface area (Å²) in [5.74, 6) is 3.29. The average Bonchev–Trinajstić information content (AvgIpc) is 2.78. The van der Waals surface area contributed by atoms with Crippen LogP contribution in [-0.4, -0.2) is 21.4 Å². The highest BCUT2D eigenvalue weighted by Gasteiger charge is 2.22. The van der Waals surface area contributed by atoms with Crippen molar-refractivity contribution in [3.8, 4) is 5.75 Å². The number of aryl methyl sites for hydroxylation is 2. The van der Waals surface area contributed by atoms with Crippen molar-refractivity contribution in [2.45, 2.75) is 64.6 Å². The van der Waals surface area contributed by atoms with Crippen LogP contribution < -0.4 is 10.1 Å². The number of hydrogen-bond donors (Lipinski definition) is 1. The number of benzene rings is 1. The van der Waals surface area contributed by atoms with Gasteiger partial charge in [-0.1, -0.05) is 24.6 Å². The maximum absolute atomic E-state index is 5.98. The van der Waals surface area contributed by atoms with Crippen LogP contribution in [0.3, 0.4) is 0 Å². The first-order valence-corrected chi connectivity index (χ1v) is 9.19. The van der Waals surface area contributed by atoms with E-state index in [0.717, 1.165) is 56.4 Å². The van der Waals surface area contributed by atoms with E-state index < -0.39 is 0 Å². The molecule has 1 aromatic carbocycles. The Kier molecular flexibility index (Phi) is 4.52. The van der Waals surface area contributed by atoms with Crippen molar-refractivity contribution in [1.29, 1.82) is 0 Å². The van der Waals surface area contributed by atoms with Gasteiger partial charge in [-0.3, -0.25) is 0 Å². The Balaban J connectivity index is 1.52. The van der Waals surface area contributed by atoms with E-state index in [2.05, 4.69) is 45.2 Å². The molecule has 5 nitrogen and oxygen atoms in total. The van der Waals surface area contributed by atoms with Gasteiger partial charge in [-0.25, -0.2) is 0 Å². The van der Waals surface area contributed by atoms with Gasteiger partial charge in [-0.2, -0.15) is 0 Å². The van der Waals surface area contributed by atoms with Gasteiger partial charge >= 0.3 is 0 Å². The van der Waals surface area contributed by atoms with Gasteiger partial charge < -0.3 is 14.6 Å². The van der Waals surface area contributed by atoms with E-state index in [4.69, 9.17) is 4.74 Å². The molecule has 0 fully saturated rings. The molecule has 5 heteroatoms. The van der Waals surface area contributed by atoms with Gasteiger partial charge in [0.15, 0.2) is 0 Å². The number of hydrogen-bond acceptors (Lipinski definition) is 4. The minimum Gasteiger partial charge on any atom is -0.493 e. The van der Waals surface area contributed by atoms with Crippen LogP contribution in [0.4, 0.5) is 0 Å². The highest BCUT2D eigenvalue weighted by Crippen LogP contribution is 2.34. The fourth-order valence-electron chi connectivity index (χ4n) is 3.87. The zero-order valence-electron chi connectivity index (χ0n) is 14.4. The maximum Gasteiger partial charge on any atom is 0.147 e. The summed E-state index contributed by atoms with van der Waals surface area (Å²) in [6.45, 7) is 4.75. The maximum atomic E-state index is 5.98. The van der Waals surface area contributed by atoms with Crippen LogP contribution in [0.1, 0.15) is 60.9 Å². The van der Waals surface area contributed by atoms with Crippen LogP contribution in [0.25, 0.3) is 0 Å². The van der Waals surface area contributed by atoms with E-state index in [0.29, 0.717) is 6.04 Å². The number of aromatic nitrogens is 3. The number of rotatable bonds is 3. The molecular formula is C19H26N4O. The van der Waals surface area contributed by atoms with Crippen molar-refractivity contribution >= 4 is 0 Å². The molecule has 24 heavy (non-hydrogen) atoms. The van der Waals surface area contributed by atoms with Crippen LogP contribution in [0.2, 0.25) is 0 Å². The topological polar surface area (TPSA) is 52.0 Å². The summed E-state index contributed by atoms with van der Waals surface area (Å²) in [4.78, 5) is 0. The second-order valence-corrected chi connectivity index (χ2v) is 6.91. The molecule has 0 saturated carbocycles. The van der Waals surface area contributed by atoms with Crippen molar-refractivity contribution in [3.05, 3.63) is 41.0 Å². The summed E-state index contributed by atoms with van der Waals surface area (Å²) >= 11 is 0. The number of nitrogens with one attached hydrogen (secondary N) is 1. The molecule has 0 saturated heterocycles. The normalized spacial score (nSPS) is 20.5. The lowest BCUT2D eigenvalue weighted by Gasteiger charge is -2.19. The van der Waals surface area contributed by atoms with E-state index in [1.54, 1.807) is 0 Å². The van der Waals surface area contributed by atoms with Crippen LogP contribution in [-0.2, 0) is 19.5 Å². The first-order chi connectivity index (χ1) is 11.8. The van der Waals surface area contributed by atoms with Crippen molar-refractivity contribution in [3.63, 3.8) is 0 Å². The van der Waals surface area contributed by atoms with Crippen LogP contribution in [0.15, 0.2) is 18.2 Å². The molecule has 0 spiro atoms. The lowest BCUT2D eigenvalue weighted by molar-refractivity contribution is 0.313. The lowest BCUT2D eigenvalue weighted by Crippen LogP contribution is -2.23. The Morgan fingerprint density at radius 3 is 3.12 bits per heavy atom. The molecule has 128 valence electrons. The largest absolute Gasteiger partial charge is 0.493 e. The van der Waals surface area contributed by atoms with Gasteiger partial charge in [0.25, 0.3) is 0 Å². The second kappa shape index (κ2) is 6.93. The minimum atomic E-state index is 0.320. The Hall–Kier alpha value is -1.88. The first-order valence-electron chi connectivity index (χ1n) is 9.19. The number of fused-ring (bicyclic) bond motifs is 2. The van der Waals surface area contributed by atoms with Gasteiger partial charge in [0, 0.05) is 24.6 Å². The van der Waals surface area contributed by atoms with E-state index in [1.807, 2.05) is 0 Å². The van der Waals surface area contributed by atoms with Gasteiger partial charge in [-0.05, 0) is 38.2 Å². The third kappa shape index (κ3) is 3.05. The third-order valence-corrected chi connectivity index (χ3v) is 5.19. The highest BCUT2D eigenvalue weighted by molar-refractivity contribution is 5.43. The summed E-state index contributed by atoms with van der Waals surface area (Å²) < 4.78 is 8.30. The van der Waals surface area contributed by atoms with Gasteiger partial charge in [-0.15, -0.1) is 10.2 Å². The molecule has 1 atom stereocenters. The quantitative estimate of drug-likeness (QED) is 0.940. The first kappa shape index (κ1) is 15.6. The van der Waals surface area contributed by atoms with Crippen LogP contribution in [0.5, 0.6) is 5.75 Å². The monoisotopic (exact) mass is 326 g/mol. The van der Waals surface area contributed by atoms with E-state index in [9.17, 15) is 0 Å². The Morgan fingerprint density at radius 2 is 2.17 bits per heavy atom. The summed E-state index contributed by atoms with van der Waals surface area (Å²) in [7, 11) is 0. The molecule has 1 aromatic heterocycles. The lowest BCUT2D eigenvalue weighted by atomic mass is 10.00. The molecule has 3 heterocycles. The molecule has 0 amide bonds. The van der Waals surface area contributed by atoms with E-state index in [-0.39, 0.29) is 0 Å². The van der Waals surface area contributed by atoms with Gasteiger partial charge in [0.05, 0.1) is 13.2 Å². The van der Waals surface area contributed by atoms with Crippen molar-refractivity contribution < 1.29 is 4.74 Å². The molecule has 2 aliphatic heterocycles. The Bertz CT molecular complexity index is 709. The SMILES string of the molecule is Cc1cccc2c1OCCC[C@H]2NCc1nnc2n1CCCCC2. The molecule has 0 bridgehead atoms. The predicted molar refractivity (Wildman–Crippen MR) is 93.1 cm³/mol. The standard InChI is InChI=1S/C19H26N4O/c1-14-7-5-8-15-16(9-6-12-24-19(14)15)20-13-18-22-21-17-10-3-2-4-11-23(17)18/h5,7-8,16,20H,2-4,6,9-13H2,1H3/t16-/m1/s1. The molecule has 4 rings (SSSR count). The van der Waals surface area contributed by atoms with Gasteiger partial charge in [0.2, 0.25) is 0 Å². The van der Waals surface area contributed by atoms with Crippen LogP contribution >= 0.6 is 0 Å². The minimum absolute atomic E-state index is 0.320. The molecule has 0 unspecified atom stereocenters. The van der Waals surface area contributed by atoms with Crippen LogP contribution in [0, 0.1) is 6.92 Å². The number of ether oxygens (including phenoxy) is 1. The summed E-state index contributed by atoms with van der Waals surface area (Å²) in [5, 5.41) is 12.6. The molecule has 2 aromatic rings. The third-order valence-electron chi connectivity index (χ3n) is 5.19. The average molecular weight is 326 g/mol. The van der Waals surface area contributed by atoms with Crippen molar-refractivity contribution in [2.24, 2.45) is 0 Å². The smallest absolute Gasteiger partial charge is 0.147 e. The zero-order chi connectivity index (χ0) is 16.4.